The molecule has 0 saturated carbocycles. The van der Waals surface area contributed by atoms with Gasteiger partial charge in [0.25, 0.3) is 5.56 Å². The fourth-order valence-electron chi connectivity index (χ4n) is 2.23. The molecule has 0 unspecified atom stereocenters. The molecule has 122 valence electrons. The number of nitrogens with zero attached hydrogens (tertiary/aromatic N) is 2. The van der Waals surface area contributed by atoms with Crippen LogP contribution in [0, 0.1) is 0 Å². The first-order valence-electron chi connectivity index (χ1n) is 7.80. The van der Waals surface area contributed by atoms with Crippen LogP contribution in [-0.2, 0) is 6.54 Å². The molecule has 0 saturated heterocycles. The third-order valence-electron chi connectivity index (χ3n) is 3.50. The molecular weight excluding hydrogens is 292 g/mol. The van der Waals surface area contributed by atoms with Gasteiger partial charge in [-0.2, -0.15) is 5.10 Å². The van der Waals surface area contributed by atoms with Crippen LogP contribution in [0.1, 0.15) is 19.3 Å². The van der Waals surface area contributed by atoms with Crippen molar-refractivity contribution >= 4 is 6.03 Å². The smallest absolute Gasteiger partial charge is 0.314 e. The second kappa shape index (κ2) is 8.73. The zero-order chi connectivity index (χ0) is 16.5. The van der Waals surface area contributed by atoms with E-state index in [4.69, 9.17) is 0 Å². The molecule has 6 heteroatoms. The number of nitrogens with one attached hydrogen (secondary N) is 2. The quantitative estimate of drug-likeness (QED) is 0.768. The van der Waals surface area contributed by atoms with Crippen molar-refractivity contribution in [3.8, 4) is 11.3 Å². The Hall–Kier alpha value is -2.63. The van der Waals surface area contributed by atoms with Crippen LogP contribution in [0.4, 0.5) is 4.79 Å². The molecule has 23 heavy (non-hydrogen) atoms. The van der Waals surface area contributed by atoms with E-state index >= 15 is 0 Å². The van der Waals surface area contributed by atoms with Crippen LogP contribution in [0.15, 0.2) is 47.3 Å². The van der Waals surface area contributed by atoms with Gasteiger partial charge in [0.05, 0.1) is 5.69 Å². The lowest BCUT2D eigenvalue weighted by molar-refractivity contribution is 0.242. The normalized spacial score (nSPS) is 10.3. The summed E-state index contributed by atoms with van der Waals surface area (Å²) in [7, 11) is 1.59. The van der Waals surface area contributed by atoms with E-state index in [9.17, 15) is 9.59 Å². The summed E-state index contributed by atoms with van der Waals surface area (Å²) in [6.07, 6.45) is 2.65. The van der Waals surface area contributed by atoms with Gasteiger partial charge in [0.1, 0.15) is 0 Å². The van der Waals surface area contributed by atoms with Crippen LogP contribution in [0.25, 0.3) is 11.3 Å². The molecule has 1 aromatic carbocycles. The number of hydrogen-bond donors (Lipinski definition) is 2. The Morgan fingerprint density at radius 3 is 2.61 bits per heavy atom. The molecule has 0 atom stereocenters. The van der Waals surface area contributed by atoms with E-state index in [0.717, 1.165) is 30.5 Å². The first-order chi connectivity index (χ1) is 11.2. The minimum Gasteiger partial charge on any atom is -0.341 e. The minimum atomic E-state index is -0.168. The van der Waals surface area contributed by atoms with Gasteiger partial charge < -0.3 is 10.6 Å². The van der Waals surface area contributed by atoms with Crippen LogP contribution >= 0.6 is 0 Å². The van der Waals surface area contributed by atoms with Crippen molar-refractivity contribution in [2.24, 2.45) is 0 Å². The van der Waals surface area contributed by atoms with Crippen LogP contribution in [0.3, 0.4) is 0 Å². The summed E-state index contributed by atoms with van der Waals surface area (Å²) < 4.78 is 1.51. The Morgan fingerprint density at radius 1 is 1.09 bits per heavy atom. The van der Waals surface area contributed by atoms with Gasteiger partial charge in [-0.15, -0.1) is 0 Å². The molecule has 1 heterocycles. The van der Waals surface area contributed by atoms with Gasteiger partial charge in [-0.3, -0.25) is 4.79 Å². The minimum absolute atomic E-state index is 0.0897. The summed E-state index contributed by atoms with van der Waals surface area (Å²) in [5.74, 6) is 0. The Morgan fingerprint density at radius 2 is 1.87 bits per heavy atom. The summed E-state index contributed by atoms with van der Waals surface area (Å²) in [6.45, 7) is 1.21. The van der Waals surface area contributed by atoms with Crippen molar-refractivity contribution in [1.29, 1.82) is 0 Å². The zero-order valence-corrected chi connectivity index (χ0v) is 13.3. The highest BCUT2D eigenvalue weighted by Gasteiger charge is 2.03. The highest BCUT2D eigenvalue weighted by Crippen LogP contribution is 2.14. The number of unbranched alkanes of at least 4 members (excludes halogenated alkanes) is 2. The summed E-state index contributed by atoms with van der Waals surface area (Å²) in [4.78, 5) is 22.9. The van der Waals surface area contributed by atoms with Crippen molar-refractivity contribution in [1.82, 2.24) is 20.4 Å². The maximum absolute atomic E-state index is 11.9. The second-order valence-corrected chi connectivity index (χ2v) is 5.21. The van der Waals surface area contributed by atoms with Crippen molar-refractivity contribution in [3.63, 3.8) is 0 Å². The number of aromatic nitrogens is 2. The van der Waals surface area contributed by atoms with Crippen LogP contribution in [-0.4, -0.2) is 29.4 Å². The molecule has 0 aliphatic rings. The van der Waals surface area contributed by atoms with Gasteiger partial charge in [-0.05, 0) is 25.3 Å². The standard InChI is InChI=1S/C17H22N4O2/c1-18-17(23)19-12-6-3-7-13-21-16(22)11-10-15(20-21)14-8-4-2-5-9-14/h2,4-5,8-11H,3,6-7,12-13H2,1H3,(H2,18,19,23). The molecule has 0 bridgehead atoms. The topological polar surface area (TPSA) is 76.0 Å². The number of benzene rings is 1. The Balaban J connectivity index is 1.86. The Bertz CT molecular complexity index is 682. The van der Waals surface area contributed by atoms with Crippen molar-refractivity contribution < 1.29 is 4.79 Å². The molecule has 0 fully saturated rings. The van der Waals surface area contributed by atoms with Crippen molar-refractivity contribution in [2.45, 2.75) is 25.8 Å². The van der Waals surface area contributed by atoms with Gasteiger partial charge in [-0.25, -0.2) is 9.48 Å². The zero-order valence-electron chi connectivity index (χ0n) is 13.3. The molecule has 2 aromatic rings. The first-order valence-corrected chi connectivity index (χ1v) is 7.80. The molecular formula is C17H22N4O2. The summed E-state index contributed by atoms with van der Waals surface area (Å²) >= 11 is 0. The highest BCUT2D eigenvalue weighted by molar-refractivity contribution is 5.73. The fourth-order valence-corrected chi connectivity index (χ4v) is 2.23. The lowest BCUT2D eigenvalue weighted by Gasteiger charge is -2.07. The van der Waals surface area contributed by atoms with E-state index in [0.29, 0.717) is 13.1 Å². The molecule has 1 aromatic heterocycles. The van der Waals surface area contributed by atoms with Gasteiger partial charge in [0.15, 0.2) is 0 Å². The van der Waals surface area contributed by atoms with Gasteiger partial charge in [-0.1, -0.05) is 30.3 Å². The molecule has 6 nitrogen and oxygen atoms in total. The van der Waals surface area contributed by atoms with E-state index in [1.165, 1.54) is 4.68 Å². The third kappa shape index (κ3) is 5.25. The van der Waals surface area contributed by atoms with Gasteiger partial charge in [0, 0.05) is 31.8 Å². The SMILES string of the molecule is CNC(=O)NCCCCCn1nc(-c2ccccc2)ccc1=O. The lowest BCUT2D eigenvalue weighted by atomic mass is 10.1. The lowest BCUT2D eigenvalue weighted by Crippen LogP contribution is -2.33. The van der Waals surface area contributed by atoms with E-state index < -0.39 is 0 Å². The average Bonchev–Trinajstić information content (AvgIpc) is 2.59. The number of amides is 2. The molecule has 0 spiro atoms. The summed E-state index contributed by atoms with van der Waals surface area (Å²) in [5, 5.41) is 9.67. The van der Waals surface area contributed by atoms with Crippen LogP contribution in [0.5, 0.6) is 0 Å². The molecule has 2 N–H and O–H groups in total. The van der Waals surface area contributed by atoms with E-state index in [-0.39, 0.29) is 11.6 Å². The Labute approximate surface area is 135 Å². The van der Waals surface area contributed by atoms with Crippen molar-refractivity contribution in [3.05, 3.63) is 52.8 Å². The predicted molar refractivity (Wildman–Crippen MR) is 90.2 cm³/mol. The van der Waals surface area contributed by atoms with Gasteiger partial charge in [0.2, 0.25) is 0 Å². The molecule has 2 amide bonds. The van der Waals surface area contributed by atoms with Crippen LogP contribution < -0.4 is 16.2 Å². The predicted octanol–water partition coefficient (Wildman–Crippen LogP) is 2.01. The first kappa shape index (κ1) is 16.7. The Kier molecular flexibility index (Phi) is 6.35. The van der Waals surface area contributed by atoms with E-state index in [2.05, 4.69) is 15.7 Å². The number of hydrogen-bond acceptors (Lipinski definition) is 3. The third-order valence-corrected chi connectivity index (χ3v) is 3.50. The molecule has 0 aliphatic carbocycles. The van der Waals surface area contributed by atoms with Crippen LogP contribution in [0.2, 0.25) is 0 Å². The maximum Gasteiger partial charge on any atom is 0.314 e. The largest absolute Gasteiger partial charge is 0.341 e. The number of carbonyl (C=O) groups is 1. The van der Waals surface area contributed by atoms with Gasteiger partial charge >= 0.3 is 6.03 Å². The average molecular weight is 314 g/mol. The number of rotatable bonds is 7. The number of urea groups is 1. The van der Waals surface area contributed by atoms with E-state index in [1.54, 1.807) is 19.2 Å². The highest BCUT2D eigenvalue weighted by atomic mass is 16.2. The molecule has 2 rings (SSSR count). The fraction of sp³-hybridized carbons (Fsp3) is 0.353. The summed E-state index contributed by atoms with van der Waals surface area (Å²) in [6, 6.07) is 12.9. The van der Waals surface area contributed by atoms with E-state index in [1.807, 2.05) is 30.3 Å². The molecule has 0 aliphatic heterocycles. The number of carbonyl (C=O) groups excluding carboxylic acids is 1. The van der Waals surface area contributed by atoms with Crippen molar-refractivity contribution in [2.75, 3.05) is 13.6 Å². The monoisotopic (exact) mass is 314 g/mol. The molecule has 0 radical (unpaired) electrons. The maximum atomic E-state index is 11.9. The summed E-state index contributed by atoms with van der Waals surface area (Å²) in [5.41, 5.74) is 1.70. The number of aryl methyl sites for hydroxylation is 1. The second-order valence-electron chi connectivity index (χ2n) is 5.21.